The average Bonchev–Trinajstić information content (AvgIpc) is 2.73. The van der Waals surface area contributed by atoms with Gasteiger partial charge in [-0.2, -0.15) is 0 Å². The van der Waals surface area contributed by atoms with Crippen LogP contribution < -0.4 is 15.4 Å². The molecular weight excluding hydrogens is 436 g/mol. The van der Waals surface area contributed by atoms with Crippen LogP contribution in [0.5, 0.6) is 0 Å². The van der Waals surface area contributed by atoms with E-state index < -0.39 is 15.9 Å². The summed E-state index contributed by atoms with van der Waals surface area (Å²) in [4.78, 5) is 12.5. The minimum Gasteiger partial charge on any atom is -0.330 e. The van der Waals surface area contributed by atoms with E-state index in [-0.39, 0.29) is 28.0 Å². The fourth-order valence-corrected chi connectivity index (χ4v) is 4.80. The Morgan fingerprint density at radius 1 is 1.22 bits per heavy atom. The Kier molecular flexibility index (Phi) is 8.36. The summed E-state index contributed by atoms with van der Waals surface area (Å²) in [7, 11) is -2.68. The molecule has 1 amide bonds. The van der Waals surface area contributed by atoms with Crippen molar-refractivity contribution in [2.45, 2.75) is 50.9 Å². The molecule has 9 heteroatoms. The lowest BCUT2D eigenvalue weighted by molar-refractivity contribution is -0.120. The maximum absolute atomic E-state index is 13.7. The van der Waals surface area contributed by atoms with E-state index in [9.17, 15) is 22.0 Å². The minimum atomic E-state index is -4.00. The van der Waals surface area contributed by atoms with Gasteiger partial charge in [-0.25, -0.2) is 17.2 Å². The Bertz CT molecular complexity index is 1050. The van der Waals surface area contributed by atoms with Gasteiger partial charge in [-0.3, -0.25) is 9.10 Å². The Labute approximate surface area is 188 Å². The van der Waals surface area contributed by atoms with Crippen molar-refractivity contribution in [2.24, 2.45) is 11.7 Å². The highest BCUT2D eigenvalue weighted by molar-refractivity contribution is 7.92. The molecule has 176 valence electrons. The lowest BCUT2D eigenvalue weighted by atomic mass is 9.99. The summed E-state index contributed by atoms with van der Waals surface area (Å²) in [6.07, 6.45) is 2.11. The summed E-state index contributed by atoms with van der Waals surface area (Å²) in [5.74, 6) is -3.39. The number of sulfonamides is 1. The summed E-state index contributed by atoms with van der Waals surface area (Å²) in [5.41, 5.74) is 6.31. The number of aryl methyl sites for hydroxylation is 1. The number of alkyl halides is 2. The van der Waals surface area contributed by atoms with Crippen LogP contribution in [0, 0.1) is 12.8 Å². The molecular formula is C23H31F2N3O3S. The van der Waals surface area contributed by atoms with Gasteiger partial charge in [0.2, 0.25) is 5.91 Å². The van der Waals surface area contributed by atoms with Crippen molar-refractivity contribution in [1.82, 2.24) is 0 Å². The molecule has 0 saturated heterocycles. The van der Waals surface area contributed by atoms with Gasteiger partial charge in [0.15, 0.2) is 0 Å². The van der Waals surface area contributed by atoms with Gasteiger partial charge < -0.3 is 11.1 Å². The van der Waals surface area contributed by atoms with Gasteiger partial charge in [0, 0.05) is 31.1 Å². The van der Waals surface area contributed by atoms with E-state index in [2.05, 4.69) is 5.32 Å². The van der Waals surface area contributed by atoms with Gasteiger partial charge in [0.1, 0.15) is 0 Å². The number of carbonyl (C=O) groups excluding carboxylic acids is 1. The van der Waals surface area contributed by atoms with Crippen LogP contribution >= 0.6 is 0 Å². The quantitative estimate of drug-likeness (QED) is 0.533. The SMILES string of the molecule is CC[C@@H](CCCN)C(=O)Nc1ccc(S(=O)(=O)N(C)c2cccc(C(C)(F)F)c2)c(C)c1. The molecule has 0 aliphatic rings. The standard InChI is InChI=1S/C23H31F2N3O3S/c1-5-17(8-7-13-26)22(29)27-19-11-12-21(16(2)14-19)32(30,31)28(4)20-10-6-9-18(15-20)23(3,24)25/h6,9-12,14-15,17H,5,7-8,13,26H2,1-4H3,(H,27,29)/t17-/m0/s1. The topological polar surface area (TPSA) is 92.5 Å². The van der Waals surface area contributed by atoms with Crippen molar-refractivity contribution in [3.8, 4) is 0 Å². The number of amides is 1. The molecule has 0 bridgehead atoms. The molecule has 0 unspecified atom stereocenters. The van der Waals surface area contributed by atoms with Crippen LogP contribution in [-0.4, -0.2) is 27.9 Å². The highest BCUT2D eigenvalue weighted by Gasteiger charge is 2.28. The third-order valence-corrected chi connectivity index (χ3v) is 7.36. The van der Waals surface area contributed by atoms with Gasteiger partial charge in [0.25, 0.3) is 15.9 Å². The lowest BCUT2D eigenvalue weighted by Crippen LogP contribution is -2.28. The first kappa shape index (κ1) is 25.7. The van der Waals surface area contributed by atoms with Crippen molar-refractivity contribution in [1.29, 1.82) is 0 Å². The first-order valence-electron chi connectivity index (χ1n) is 10.5. The first-order valence-corrected chi connectivity index (χ1v) is 11.9. The number of nitrogens with two attached hydrogens (primary N) is 1. The summed E-state index contributed by atoms with van der Waals surface area (Å²) in [5, 5.41) is 2.83. The number of hydrogen-bond donors (Lipinski definition) is 2. The van der Waals surface area contributed by atoms with Crippen LogP contribution in [0.25, 0.3) is 0 Å². The summed E-state index contributed by atoms with van der Waals surface area (Å²) in [6, 6.07) is 9.80. The summed E-state index contributed by atoms with van der Waals surface area (Å²) < 4.78 is 54.6. The Hall–Kier alpha value is -2.52. The fraction of sp³-hybridized carbons (Fsp3) is 0.435. The van der Waals surface area contributed by atoms with Crippen LogP contribution in [0.15, 0.2) is 47.4 Å². The van der Waals surface area contributed by atoms with Gasteiger partial charge >= 0.3 is 0 Å². The van der Waals surface area contributed by atoms with Crippen LogP contribution in [-0.2, 0) is 20.7 Å². The normalized spacial score (nSPS) is 13.0. The molecule has 0 aliphatic carbocycles. The molecule has 2 aromatic carbocycles. The summed E-state index contributed by atoms with van der Waals surface area (Å²) in [6.45, 7) is 4.83. The second-order valence-electron chi connectivity index (χ2n) is 7.92. The third-order valence-electron chi connectivity index (χ3n) is 5.42. The maximum atomic E-state index is 13.7. The average molecular weight is 468 g/mol. The molecule has 0 heterocycles. The van der Waals surface area contributed by atoms with Crippen molar-refractivity contribution in [2.75, 3.05) is 23.2 Å². The predicted molar refractivity (Wildman–Crippen MR) is 123 cm³/mol. The van der Waals surface area contributed by atoms with Gasteiger partial charge in [0.05, 0.1) is 10.6 Å². The van der Waals surface area contributed by atoms with Crippen LogP contribution in [0.3, 0.4) is 0 Å². The van der Waals surface area contributed by atoms with Gasteiger partial charge in [-0.1, -0.05) is 19.1 Å². The second-order valence-corrected chi connectivity index (χ2v) is 9.85. The maximum Gasteiger partial charge on any atom is 0.270 e. The van der Waals surface area contributed by atoms with Crippen molar-refractivity contribution in [3.05, 3.63) is 53.6 Å². The van der Waals surface area contributed by atoms with E-state index in [0.717, 1.165) is 23.7 Å². The number of hydrogen-bond acceptors (Lipinski definition) is 4. The lowest BCUT2D eigenvalue weighted by Gasteiger charge is -2.22. The van der Waals surface area contributed by atoms with Crippen molar-refractivity contribution >= 4 is 27.3 Å². The van der Waals surface area contributed by atoms with Crippen LogP contribution in [0.4, 0.5) is 20.2 Å². The number of benzene rings is 2. The number of nitrogens with one attached hydrogen (secondary N) is 1. The number of halogens is 2. The molecule has 6 nitrogen and oxygen atoms in total. The molecule has 0 spiro atoms. The minimum absolute atomic E-state index is 0.0295. The molecule has 1 atom stereocenters. The molecule has 0 aromatic heterocycles. The van der Waals surface area contributed by atoms with E-state index >= 15 is 0 Å². The van der Waals surface area contributed by atoms with Crippen molar-refractivity contribution < 1.29 is 22.0 Å². The van der Waals surface area contributed by atoms with Crippen LogP contribution in [0.1, 0.15) is 44.2 Å². The highest BCUT2D eigenvalue weighted by atomic mass is 32.2. The number of anilines is 2. The number of rotatable bonds is 10. The van der Waals surface area contributed by atoms with Gasteiger partial charge in [-0.15, -0.1) is 0 Å². The fourth-order valence-electron chi connectivity index (χ4n) is 3.41. The monoisotopic (exact) mass is 467 g/mol. The molecule has 0 saturated carbocycles. The van der Waals surface area contributed by atoms with E-state index in [1.807, 2.05) is 6.92 Å². The molecule has 3 N–H and O–H groups in total. The predicted octanol–water partition coefficient (Wildman–Crippen LogP) is 4.64. The molecule has 32 heavy (non-hydrogen) atoms. The van der Waals surface area contributed by atoms with Gasteiger partial charge in [-0.05, 0) is 68.6 Å². The Morgan fingerprint density at radius 2 is 1.91 bits per heavy atom. The van der Waals surface area contributed by atoms with Crippen molar-refractivity contribution in [3.63, 3.8) is 0 Å². The zero-order valence-electron chi connectivity index (χ0n) is 18.9. The van der Waals surface area contributed by atoms with E-state index in [1.54, 1.807) is 13.0 Å². The molecule has 2 aromatic rings. The first-order chi connectivity index (χ1) is 14.9. The molecule has 0 fully saturated rings. The van der Waals surface area contributed by atoms with E-state index in [0.29, 0.717) is 30.6 Å². The Morgan fingerprint density at radius 3 is 2.47 bits per heavy atom. The number of nitrogens with zero attached hydrogens (tertiary/aromatic N) is 1. The number of carbonyl (C=O) groups is 1. The third kappa shape index (κ3) is 6.04. The van der Waals surface area contributed by atoms with E-state index in [1.165, 1.54) is 37.4 Å². The zero-order chi connectivity index (χ0) is 24.1. The highest BCUT2D eigenvalue weighted by Crippen LogP contribution is 2.32. The molecule has 0 aliphatic heterocycles. The van der Waals surface area contributed by atoms with E-state index in [4.69, 9.17) is 5.73 Å². The summed E-state index contributed by atoms with van der Waals surface area (Å²) >= 11 is 0. The second kappa shape index (κ2) is 10.4. The molecule has 0 radical (unpaired) electrons. The zero-order valence-corrected chi connectivity index (χ0v) is 19.7. The molecule has 2 rings (SSSR count). The Balaban J connectivity index is 2.27. The largest absolute Gasteiger partial charge is 0.330 e. The van der Waals surface area contributed by atoms with Crippen LogP contribution in [0.2, 0.25) is 0 Å². The smallest absolute Gasteiger partial charge is 0.270 e.